The highest BCUT2D eigenvalue weighted by molar-refractivity contribution is 5.90. The summed E-state index contributed by atoms with van der Waals surface area (Å²) in [4.78, 5) is 24.8. The third kappa shape index (κ3) is 3.87. The Morgan fingerprint density at radius 2 is 1.83 bits per heavy atom. The number of benzene rings is 1. The van der Waals surface area contributed by atoms with Crippen LogP contribution < -0.4 is 15.6 Å². The molecule has 2 N–H and O–H groups in total. The van der Waals surface area contributed by atoms with Crippen LogP contribution in [0.15, 0.2) is 24.3 Å². The van der Waals surface area contributed by atoms with Gasteiger partial charge in [-0.3, -0.25) is 20.4 Å². The number of hydrogen-bond acceptors (Lipinski definition) is 4. The molecule has 0 spiro atoms. The number of nitrogens with one attached hydrogen (secondary N) is 2. The zero-order chi connectivity index (χ0) is 17.6. The largest absolute Gasteiger partial charge is 0.497 e. The Hall–Kier alpha value is -2.08. The average molecular weight is 334 g/mol. The highest BCUT2D eigenvalue weighted by atomic mass is 16.5. The van der Waals surface area contributed by atoms with Crippen molar-refractivity contribution in [2.75, 3.05) is 20.3 Å². The molecule has 1 fully saturated rings. The lowest BCUT2D eigenvalue weighted by Crippen LogP contribution is -2.54. The van der Waals surface area contributed by atoms with E-state index in [2.05, 4.69) is 10.9 Å². The topological polar surface area (TPSA) is 76.7 Å². The van der Waals surface area contributed by atoms with Crippen LogP contribution in [0.3, 0.4) is 0 Å². The summed E-state index contributed by atoms with van der Waals surface area (Å²) in [5, 5.41) is 0. The molecule has 1 aromatic carbocycles. The second kappa shape index (κ2) is 8.15. The Balaban J connectivity index is 2.17. The van der Waals surface area contributed by atoms with Gasteiger partial charge in [0.25, 0.3) is 0 Å². The molecule has 132 valence electrons. The average Bonchev–Trinajstić information content (AvgIpc) is 2.65. The molecule has 1 atom stereocenters. The van der Waals surface area contributed by atoms with E-state index in [9.17, 15) is 9.59 Å². The van der Waals surface area contributed by atoms with E-state index in [0.29, 0.717) is 26.1 Å². The predicted octanol–water partition coefficient (Wildman–Crippen LogP) is 1.94. The Bertz CT molecular complexity index is 565. The summed E-state index contributed by atoms with van der Waals surface area (Å²) >= 11 is 0. The molecular weight excluding hydrogens is 308 g/mol. The van der Waals surface area contributed by atoms with Gasteiger partial charge in [-0.15, -0.1) is 0 Å². The Labute approximate surface area is 142 Å². The summed E-state index contributed by atoms with van der Waals surface area (Å²) in [6.07, 6.45) is 1.87. The molecule has 1 aromatic rings. The zero-order valence-electron chi connectivity index (χ0n) is 14.6. The van der Waals surface area contributed by atoms with E-state index in [1.54, 1.807) is 7.11 Å². The summed E-state index contributed by atoms with van der Waals surface area (Å²) < 4.78 is 10.6. The molecule has 1 unspecified atom stereocenters. The van der Waals surface area contributed by atoms with Gasteiger partial charge in [-0.05, 0) is 37.0 Å². The third-order valence-corrected chi connectivity index (χ3v) is 4.78. The molecule has 0 bridgehead atoms. The van der Waals surface area contributed by atoms with Gasteiger partial charge in [0, 0.05) is 19.1 Å². The molecule has 0 aliphatic carbocycles. The fourth-order valence-electron chi connectivity index (χ4n) is 2.82. The monoisotopic (exact) mass is 334 g/mol. The minimum absolute atomic E-state index is 0.142. The van der Waals surface area contributed by atoms with Gasteiger partial charge in [0.15, 0.2) is 0 Å². The number of carbonyl (C=O) groups is 2. The molecule has 6 nitrogen and oxygen atoms in total. The summed E-state index contributed by atoms with van der Waals surface area (Å²) in [6.45, 7) is 4.79. The van der Waals surface area contributed by atoms with E-state index < -0.39 is 5.41 Å². The van der Waals surface area contributed by atoms with Gasteiger partial charge in [0.1, 0.15) is 5.75 Å². The molecule has 2 rings (SSSR count). The van der Waals surface area contributed by atoms with Gasteiger partial charge in [-0.25, -0.2) is 0 Å². The number of rotatable bonds is 5. The van der Waals surface area contributed by atoms with Crippen LogP contribution in [-0.2, 0) is 19.7 Å². The Morgan fingerprint density at radius 1 is 1.21 bits per heavy atom. The summed E-state index contributed by atoms with van der Waals surface area (Å²) in [5.74, 6) is 0.221. The molecule has 0 saturated carbocycles. The first-order valence-electron chi connectivity index (χ1n) is 8.36. The standard InChI is InChI=1S/C18H26N2O4/c1-4-13(2)16(21)19-20-17(22)18(9-11-24-12-10-18)14-5-7-15(23-3)8-6-14/h5-8,13H,4,9-12H2,1-3H3,(H,19,21)(H,20,22). The number of carbonyl (C=O) groups excluding carboxylic acids is 2. The van der Waals surface area contributed by atoms with Crippen LogP contribution in [0.4, 0.5) is 0 Å². The first-order valence-corrected chi connectivity index (χ1v) is 8.36. The van der Waals surface area contributed by atoms with E-state index >= 15 is 0 Å². The number of ether oxygens (including phenoxy) is 2. The number of hydrogen-bond donors (Lipinski definition) is 2. The second-order valence-corrected chi connectivity index (χ2v) is 6.18. The van der Waals surface area contributed by atoms with Gasteiger partial charge < -0.3 is 9.47 Å². The molecule has 1 heterocycles. The summed E-state index contributed by atoms with van der Waals surface area (Å²) in [6, 6.07) is 7.50. The van der Waals surface area contributed by atoms with Crippen molar-refractivity contribution in [1.82, 2.24) is 10.9 Å². The van der Waals surface area contributed by atoms with Crippen molar-refractivity contribution in [2.24, 2.45) is 5.92 Å². The number of methoxy groups -OCH3 is 1. The lowest BCUT2D eigenvalue weighted by molar-refractivity contribution is -0.136. The van der Waals surface area contributed by atoms with Crippen molar-refractivity contribution < 1.29 is 19.1 Å². The van der Waals surface area contributed by atoms with Crippen molar-refractivity contribution in [3.63, 3.8) is 0 Å². The Kier molecular flexibility index (Phi) is 6.20. The van der Waals surface area contributed by atoms with Crippen molar-refractivity contribution >= 4 is 11.8 Å². The minimum atomic E-state index is -0.701. The number of hydrazine groups is 1. The maximum atomic E-state index is 12.9. The van der Waals surface area contributed by atoms with E-state index in [-0.39, 0.29) is 17.7 Å². The molecular formula is C18H26N2O4. The van der Waals surface area contributed by atoms with E-state index in [0.717, 1.165) is 17.7 Å². The van der Waals surface area contributed by atoms with E-state index in [4.69, 9.17) is 9.47 Å². The number of amides is 2. The van der Waals surface area contributed by atoms with Gasteiger partial charge in [-0.2, -0.15) is 0 Å². The van der Waals surface area contributed by atoms with E-state index in [1.807, 2.05) is 38.1 Å². The van der Waals surface area contributed by atoms with Crippen LogP contribution in [0.25, 0.3) is 0 Å². The molecule has 1 saturated heterocycles. The van der Waals surface area contributed by atoms with Crippen LogP contribution in [0.2, 0.25) is 0 Å². The van der Waals surface area contributed by atoms with Crippen LogP contribution in [0.1, 0.15) is 38.7 Å². The summed E-state index contributed by atoms with van der Waals surface area (Å²) in [5.41, 5.74) is 5.36. The highest BCUT2D eigenvalue weighted by Gasteiger charge is 2.42. The lowest BCUT2D eigenvalue weighted by Gasteiger charge is -2.36. The fourth-order valence-corrected chi connectivity index (χ4v) is 2.82. The first kappa shape index (κ1) is 18.3. The van der Waals surface area contributed by atoms with Gasteiger partial charge >= 0.3 is 0 Å². The minimum Gasteiger partial charge on any atom is -0.497 e. The normalized spacial score (nSPS) is 17.6. The fraction of sp³-hybridized carbons (Fsp3) is 0.556. The van der Waals surface area contributed by atoms with E-state index in [1.165, 1.54) is 0 Å². The predicted molar refractivity (Wildman–Crippen MR) is 90.5 cm³/mol. The van der Waals surface area contributed by atoms with Crippen LogP contribution >= 0.6 is 0 Å². The molecule has 0 aromatic heterocycles. The maximum absolute atomic E-state index is 12.9. The molecule has 1 aliphatic heterocycles. The quantitative estimate of drug-likeness (QED) is 0.807. The van der Waals surface area contributed by atoms with Crippen LogP contribution in [-0.4, -0.2) is 32.1 Å². The van der Waals surface area contributed by atoms with Crippen molar-refractivity contribution in [3.8, 4) is 5.75 Å². The molecule has 0 radical (unpaired) electrons. The Morgan fingerprint density at radius 3 is 2.38 bits per heavy atom. The summed E-state index contributed by atoms with van der Waals surface area (Å²) in [7, 11) is 1.61. The second-order valence-electron chi connectivity index (χ2n) is 6.18. The smallest absolute Gasteiger partial charge is 0.249 e. The van der Waals surface area contributed by atoms with Crippen molar-refractivity contribution in [1.29, 1.82) is 0 Å². The van der Waals surface area contributed by atoms with Crippen molar-refractivity contribution in [2.45, 2.75) is 38.5 Å². The highest BCUT2D eigenvalue weighted by Crippen LogP contribution is 2.35. The van der Waals surface area contributed by atoms with Crippen LogP contribution in [0, 0.1) is 5.92 Å². The van der Waals surface area contributed by atoms with Gasteiger partial charge in [0.2, 0.25) is 11.8 Å². The molecule has 6 heteroatoms. The SMILES string of the molecule is CCC(C)C(=O)NNC(=O)C1(c2ccc(OC)cc2)CCOCC1. The third-order valence-electron chi connectivity index (χ3n) is 4.78. The molecule has 24 heavy (non-hydrogen) atoms. The first-order chi connectivity index (χ1) is 11.5. The van der Waals surface area contributed by atoms with Gasteiger partial charge in [-0.1, -0.05) is 26.0 Å². The molecule has 1 aliphatic rings. The van der Waals surface area contributed by atoms with Crippen LogP contribution in [0.5, 0.6) is 5.75 Å². The zero-order valence-corrected chi connectivity index (χ0v) is 14.6. The van der Waals surface area contributed by atoms with Crippen molar-refractivity contribution in [3.05, 3.63) is 29.8 Å². The maximum Gasteiger partial charge on any atom is 0.249 e. The lowest BCUT2D eigenvalue weighted by atomic mass is 9.73. The molecule has 2 amide bonds. The van der Waals surface area contributed by atoms with Gasteiger partial charge in [0.05, 0.1) is 12.5 Å².